The van der Waals surface area contributed by atoms with Crippen molar-refractivity contribution in [1.82, 2.24) is 5.32 Å². The summed E-state index contributed by atoms with van der Waals surface area (Å²) in [6.07, 6.45) is 0. The van der Waals surface area contributed by atoms with Gasteiger partial charge in [-0.3, -0.25) is 0 Å². The number of hydrogen-bond donors (Lipinski definition) is 1. The summed E-state index contributed by atoms with van der Waals surface area (Å²) in [7, 11) is 0. The lowest BCUT2D eigenvalue weighted by molar-refractivity contribution is 0.357. The molecule has 0 fully saturated rings. The topological polar surface area (TPSA) is 12.0 Å². The molecule has 3 rings (SSSR count). The lowest BCUT2D eigenvalue weighted by Gasteiger charge is -2.31. The lowest BCUT2D eigenvalue weighted by Crippen LogP contribution is -2.38. The molecular formula is C23H25N. The van der Waals surface area contributed by atoms with Crippen LogP contribution in [0.25, 0.3) is 11.1 Å². The first-order valence-electron chi connectivity index (χ1n) is 8.55. The van der Waals surface area contributed by atoms with Crippen LogP contribution in [-0.4, -0.2) is 0 Å². The van der Waals surface area contributed by atoms with Crippen LogP contribution in [0.3, 0.4) is 0 Å². The fourth-order valence-electron chi connectivity index (χ4n) is 3.16. The summed E-state index contributed by atoms with van der Waals surface area (Å²) < 4.78 is 0. The van der Waals surface area contributed by atoms with Crippen molar-refractivity contribution < 1.29 is 0 Å². The van der Waals surface area contributed by atoms with Gasteiger partial charge in [-0.15, -0.1) is 0 Å². The Morgan fingerprint density at radius 1 is 0.667 bits per heavy atom. The molecule has 0 aliphatic rings. The molecule has 0 spiro atoms. The fraction of sp³-hybridized carbons (Fsp3) is 0.217. The minimum Gasteiger partial charge on any atom is -0.301 e. The Balaban J connectivity index is 1.75. The van der Waals surface area contributed by atoms with E-state index in [-0.39, 0.29) is 11.6 Å². The van der Waals surface area contributed by atoms with E-state index in [1.165, 1.54) is 22.3 Å². The first-order valence-corrected chi connectivity index (χ1v) is 8.55. The zero-order chi connectivity index (χ0) is 17.0. The third-order valence-corrected chi connectivity index (χ3v) is 4.59. The van der Waals surface area contributed by atoms with Gasteiger partial charge in [-0.05, 0) is 43.0 Å². The van der Waals surface area contributed by atoms with E-state index in [2.05, 4.69) is 111 Å². The molecule has 1 atom stereocenters. The van der Waals surface area contributed by atoms with Gasteiger partial charge in [0.2, 0.25) is 0 Å². The molecule has 122 valence electrons. The van der Waals surface area contributed by atoms with Crippen molar-refractivity contribution in [2.75, 3.05) is 0 Å². The van der Waals surface area contributed by atoms with E-state index in [0.717, 1.165) is 0 Å². The van der Waals surface area contributed by atoms with Gasteiger partial charge in [0.25, 0.3) is 0 Å². The van der Waals surface area contributed by atoms with Crippen LogP contribution in [0, 0.1) is 0 Å². The Morgan fingerprint density at radius 3 is 1.75 bits per heavy atom. The molecule has 3 aromatic rings. The fourth-order valence-corrected chi connectivity index (χ4v) is 3.16. The first kappa shape index (κ1) is 16.5. The largest absolute Gasteiger partial charge is 0.301 e. The van der Waals surface area contributed by atoms with Gasteiger partial charge in [0.15, 0.2) is 0 Å². The molecule has 1 N–H and O–H groups in total. The van der Waals surface area contributed by atoms with Crippen LogP contribution >= 0.6 is 0 Å². The van der Waals surface area contributed by atoms with E-state index >= 15 is 0 Å². The van der Waals surface area contributed by atoms with Crippen molar-refractivity contribution in [2.45, 2.75) is 32.4 Å². The molecule has 1 heteroatoms. The number of rotatable bonds is 5. The molecule has 0 aliphatic heterocycles. The second kappa shape index (κ2) is 7.02. The number of benzene rings is 3. The van der Waals surface area contributed by atoms with Crippen LogP contribution in [0.5, 0.6) is 0 Å². The van der Waals surface area contributed by atoms with Gasteiger partial charge in [0.05, 0.1) is 0 Å². The Bertz CT molecular complexity index is 758. The van der Waals surface area contributed by atoms with Gasteiger partial charge >= 0.3 is 0 Å². The molecule has 0 saturated heterocycles. The second-order valence-corrected chi connectivity index (χ2v) is 6.85. The highest BCUT2D eigenvalue weighted by Gasteiger charge is 2.22. The zero-order valence-corrected chi connectivity index (χ0v) is 14.7. The van der Waals surface area contributed by atoms with Crippen LogP contribution in [0.4, 0.5) is 0 Å². The summed E-state index contributed by atoms with van der Waals surface area (Å²) in [5, 5.41) is 3.75. The minimum absolute atomic E-state index is 0.0707. The van der Waals surface area contributed by atoms with Crippen molar-refractivity contribution in [2.24, 2.45) is 0 Å². The Morgan fingerprint density at radius 2 is 1.17 bits per heavy atom. The third-order valence-electron chi connectivity index (χ3n) is 4.59. The third kappa shape index (κ3) is 3.74. The first-order chi connectivity index (χ1) is 11.6. The van der Waals surface area contributed by atoms with Gasteiger partial charge in [-0.1, -0.05) is 84.9 Å². The van der Waals surface area contributed by atoms with E-state index in [9.17, 15) is 0 Å². The molecule has 0 heterocycles. The summed E-state index contributed by atoms with van der Waals surface area (Å²) in [6, 6.07) is 30.3. The van der Waals surface area contributed by atoms with Crippen LogP contribution in [0.2, 0.25) is 0 Å². The van der Waals surface area contributed by atoms with Gasteiger partial charge in [0, 0.05) is 11.6 Å². The standard InChI is InChI=1S/C23H25N/c1-18(24-23(2,3)22-12-8-5-9-13-22)19-14-16-21(17-15-19)20-10-6-4-7-11-20/h4-18,24H,1-3H3. The van der Waals surface area contributed by atoms with Crippen molar-refractivity contribution in [3.63, 3.8) is 0 Å². The maximum atomic E-state index is 3.75. The molecular weight excluding hydrogens is 290 g/mol. The number of nitrogens with one attached hydrogen (secondary N) is 1. The van der Waals surface area contributed by atoms with Crippen LogP contribution in [-0.2, 0) is 5.54 Å². The molecule has 0 bridgehead atoms. The predicted octanol–water partition coefficient (Wildman–Crippen LogP) is 5.94. The van der Waals surface area contributed by atoms with E-state index in [1.807, 2.05) is 0 Å². The Kier molecular flexibility index (Phi) is 4.82. The van der Waals surface area contributed by atoms with Gasteiger partial charge in [-0.25, -0.2) is 0 Å². The highest BCUT2D eigenvalue weighted by Crippen LogP contribution is 2.26. The van der Waals surface area contributed by atoms with Crippen molar-refractivity contribution in [3.8, 4) is 11.1 Å². The maximum Gasteiger partial charge on any atom is 0.0382 e. The lowest BCUT2D eigenvalue weighted by atomic mass is 9.92. The van der Waals surface area contributed by atoms with E-state index in [4.69, 9.17) is 0 Å². The summed E-state index contributed by atoms with van der Waals surface area (Å²) in [5.41, 5.74) is 5.05. The van der Waals surface area contributed by atoms with Gasteiger partial charge in [0.1, 0.15) is 0 Å². The van der Waals surface area contributed by atoms with E-state index in [1.54, 1.807) is 0 Å². The average molecular weight is 315 g/mol. The SMILES string of the molecule is CC(NC(C)(C)c1ccccc1)c1ccc(-c2ccccc2)cc1. The molecule has 0 saturated carbocycles. The Labute approximate surface area is 145 Å². The summed E-state index contributed by atoms with van der Waals surface area (Å²) in [5.74, 6) is 0. The van der Waals surface area contributed by atoms with Crippen LogP contribution in [0.1, 0.15) is 37.9 Å². The van der Waals surface area contributed by atoms with Crippen molar-refractivity contribution in [3.05, 3.63) is 96.1 Å². The van der Waals surface area contributed by atoms with Crippen molar-refractivity contribution >= 4 is 0 Å². The molecule has 24 heavy (non-hydrogen) atoms. The maximum absolute atomic E-state index is 3.75. The van der Waals surface area contributed by atoms with E-state index < -0.39 is 0 Å². The minimum atomic E-state index is -0.0707. The van der Waals surface area contributed by atoms with Crippen LogP contribution in [0.15, 0.2) is 84.9 Å². The predicted molar refractivity (Wildman–Crippen MR) is 103 cm³/mol. The highest BCUT2D eigenvalue weighted by atomic mass is 15.0. The summed E-state index contributed by atoms with van der Waals surface area (Å²) >= 11 is 0. The smallest absolute Gasteiger partial charge is 0.0382 e. The van der Waals surface area contributed by atoms with Crippen LogP contribution < -0.4 is 5.32 Å². The molecule has 0 radical (unpaired) electrons. The molecule has 0 aromatic heterocycles. The highest BCUT2D eigenvalue weighted by molar-refractivity contribution is 5.63. The van der Waals surface area contributed by atoms with Gasteiger partial charge < -0.3 is 5.32 Å². The quantitative estimate of drug-likeness (QED) is 0.614. The number of hydrogen-bond acceptors (Lipinski definition) is 1. The molecule has 1 unspecified atom stereocenters. The zero-order valence-electron chi connectivity index (χ0n) is 14.7. The monoisotopic (exact) mass is 315 g/mol. The summed E-state index contributed by atoms with van der Waals surface area (Å²) in [4.78, 5) is 0. The van der Waals surface area contributed by atoms with Gasteiger partial charge in [-0.2, -0.15) is 0 Å². The van der Waals surface area contributed by atoms with E-state index in [0.29, 0.717) is 0 Å². The second-order valence-electron chi connectivity index (χ2n) is 6.85. The Hall–Kier alpha value is -2.38. The molecule has 0 aliphatic carbocycles. The summed E-state index contributed by atoms with van der Waals surface area (Å²) in [6.45, 7) is 6.69. The average Bonchev–Trinajstić information content (AvgIpc) is 2.63. The molecule has 3 aromatic carbocycles. The molecule has 0 amide bonds. The normalized spacial score (nSPS) is 12.8. The molecule has 1 nitrogen and oxygen atoms in total. The van der Waals surface area contributed by atoms with Crippen molar-refractivity contribution in [1.29, 1.82) is 0 Å².